The minimum atomic E-state index is -1.54. The number of carbonyl (C=O) groups is 3. The predicted molar refractivity (Wildman–Crippen MR) is 76.8 cm³/mol. The lowest BCUT2D eigenvalue weighted by molar-refractivity contribution is -0.141. The summed E-state index contributed by atoms with van der Waals surface area (Å²) in [6.45, 7) is 3.34. The molecular weight excluding hydrogens is 278 g/mol. The Balaban J connectivity index is 4.55. The number of hydrogen-bond acceptors (Lipinski definition) is 4. The first-order valence-corrected chi connectivity index (χ1v) is 6.76. The van der Waals surface area contributed by atoms with Gasteiger partial charge in [0.05, 0.1) is 12.0 Å². The van der Waals surface area contributed by atoms with Gasteiger partial charge in [-0.05, 0) is 13.3 Å². The molecule has 8 heteroatoms. The Kier molecular flexibility index (Phi) is 7.72. The highest BCUT2D eigenvalue weighted by Crippen LogP contribution is 2.07. The van der Waals surface area contributed by atoms with Crippen molar-refractivity contribution in [2.75, 3.05) is 33.7 Å². The minimum absolute atomic E-state index is 0.0618. The number of nitrogens with zero attached hydrogens (tertiary/aromatic N) is 2. The number of carboxylic acids is 1. The summed E-state index contributed by atoms with van der Waals surface area (Å²) in [6, 6.07) is -0.502. The SMILES string of the molecule is CCCN(CC(=O)N(C)C)C(=O)NCC(C)(O)CC(=O)O. The first kappa shape index (κ1) is 19.2. The van der Waals surface area contributed by atoms with Gasteiger partial charge in [0.15, 0.2) is 0 Å². The second kappa shape index (κ2) is 8.46. The zero-order chi connectivity index (χ0) is 16.6. The summed E-state index contributed by atoms with van der Waals surface area (Å²) >= 11 is 0. The standard InChI is InChI=1S/C13H25N3O5/c1-5-6-16(8-10(17)15(3)4)12(20)14-9-13(2,21)7-11(18)19/h21H,5-9H2,1-4H3,(H,14,20)(H,18,19). The molecule has 0 aromatic carbocycles. The smallest absolute Gasteiger partial charge is 0.317 e. The third-order valence-corrected chi connectivity index (χ3v) is 2.76. The van der Waals surface area contributed by atoms with Crippen molar-refractivity contribution in [3.8, 4) is 0 Å². The summed E-state index contributed by atoms with van der Waals surface area (Å²) in [6.07, 6.45) is 0.206. The zero-order valence-electron chi connectivity index (χ0n) is 13.0. The lowest BCUT2D eigenvalue weighted by Gasteiger charge is -2.26. The number of carboxylic acid groups (broad SMARTS) is 1. The van der Waals surface area contributed by atoms with Gasteiger partial charge >= 0.3 is 12.0 Å². The van der Waals surface area contributed by atoms with Gasteiger partial charge in [-0.15, -0.1) is 0 Å². The van der Waals surface area contributed by atoms with E-state index in [0.29, 0.717) is 13.0 Å². The lowest BCUT2D eigenvalue weighted by Crippen LogP contribution is -2.50. The highest BCUT2D eigenvalue weighted by molar-refractivity contribution is 5.83. The fourth-order valence-corrected chi connectivity index (χ4v) is 1.59. The van der Waals surface area contributed by atoms with Gasteiger partial charge in [-0.3, -0.25) is 9.59 Å². The maximum absolute atomic E-state index is 12.0. The number of carbonyl (C=O) groups excluding carboxylic acids is 2. The van der Waals surface area contributed by atoms with Crippen LogP contribution >= 0.6 is 0 Å². The molecular formula is C13H25N3O5. The summed E-state index contributed by atoms with van der Waals surface area (Å²) in [4.78, 5) is 37.0. The molecule has 0 aromatic heterocycles. The van der Waals surface area contributed by atoms with Crippen LogP contribution in [0.5, 0.6) is 0 Å². The van der Waals surface area contributed by atoms with E-state index in [4.69, 9.17) is 5.11 Å². The number of likely N-dealkylation sites (N-methyl/N-ethyl adjacent to an activating group) is 1. The Morgan fingerprint density at radius 2 is 1.81 bits per heavy atom. The van der Waals surface area contributed by atoms with Crippen LogP contribution in [-0.4, -0.2) is 77.3 Å². The molecule has 0 aliphatic heterocycles. The molecule has 0 aromatic rings. The second-order valence-electron chi connectivity index (χ2n) is 5.44. The maximum Gasteiger partial charge on any atom is 0.317 e. The molecule has 0 saturated heterocycles. The Hall–Kier alpha value is -1.83. The Bertz CT molecular complexity index is 382. The normalized spacial score (nSPS) is 13.2. The van der Waals surface area contributed by atoms with Crippen molar-refractivity contribution in [1.29, 1.82) is 0 Å². The molecule has 0 heterocycles. The summed E-state index contributed by atoms with van der Waals surface area (Å²) in [5, 5.41) is 20.9. The average molecular weight is 303 g/mol. The van der Waals surface area contributed by atoms with Gasteiger partial charge in [0.25, 0.3) is 0 Å². The minimum Gasteiger partial charge on any atom is -0.481 e. The number of rotatable bonds is 8. The van der Waals surface area contributed by atoms with Crippen molar-refractivity contribution < 1.29 is 24.6 Å². The van der Waals surface area contributed by atoms with Crippen LogP contribution in [-0.2, 0) is 9.59 Å². The van der Waals surface area contributed by atoms with Gasteiger partial charge < -0.3 is 25.3 Å². The van der Waals surface area contributed by atoms with Crippen LogP contribution in [0.25, 0.3) is 0 Å². The molecule has 1 atom stereocenters. The van der Waals surface area contributed by atoms with E-state index in [1.807, 2.05) is 6.92 Å². The quantitative estimate of drug-likeness (QED) is 0.571. The topological polar surface area (TPSA) is 110 Å². The highest BCUT2D eigenvalue weighted by Gasteiger charge is 2.26. The van der Waals surface area contributed by atoms with Gasteiger partial charge in [-0.1, -0.05) is 6.92 Å². The third kappa shape index (κ3) is 8.13. The van der Waals surface area contributed by atoms with Gasteiger partial charge in [0.2, 0.25) is 5.91 Å². The van der Waals surface area contributed by atoms with Crippen molar-refractivity contribution in [1.82, 2.24) is 15.1 Å². The number of urea groups is 1. The molecule has 0 spiro atoms. The van der Waals surface area contributed by atoms with Crippen LogP contribution in [0.1, 0.15) is 26.7 Å². The Morgan fingerprint density at radius 1 is 1.24 bits per heavy atom. The van der Waals surface area contributed by atoms with Crippen molar-refractivity contribution in [2.24, 2.45) is 0 Å². The van der Waals surface area contributed by atoms with Crippen LogP contribution in [0.4, 0.5) is 4.79 Å². The number of hydrogen-bond donors (Lipinski definition) is 3. The van der Waals surface area contributed by atoms with Gasteiger partial charge in [-0.2, -0.15) is 0 Å². The van der Waals surface area contributed by atoms with Crippen LogP contribution < -0.4 is 5.32 Å². The molecule has 0 bridgehead atoms. The van der Waals surface area contributed by atoms with Crippen molar-refractivity contribution in [3.05, 3.63) is 0 Å². The van der Waals surface area contributed by atoms with Crippen molar-refractivity contribution >= 4 is 17.9 Å². The number of amides is 3. The summed E-state index contributed by atoms with van der Waals surface area (Å²) in [5.74, 6) is -1.36. The number of nitrogens with one attached hydrogen (secondary N) is 1. The summed E-state index contributed by atoms with van der Waals surface area (Å²) in [7, 11) is 3.20. The van der Waals surface area contributed by atoms with Gasteiger partial charge in [0.1, 0.15) is 6.54 Å². The summed E-state index contributed by atoms with van der Waals surface area (Å²) < 4.78 is 0. The average Bonchev–Trinajstić information content (AvgIpc) is 2.33. The molecule has 3 amide bonds. The first-order chi connectivity index (χ1) is 9.59. The molecule has 0 saturated carbocycles. The second-order valence-corrected chi connectivity index (χ2v) is 5.44. The van der Waals surface area contributed by atoms with E-state index in [2.05, 4.69) is 5.32 Å². The Labute approximate surface area is 124 Å². The number of aliphatic hydroxyl groups is 1. The third-order valence-electron chi connectivity index (χ3n) is 2.76. The fourth-order valence-electron chi connectivity index (χ4n) is 1.59. The maximum atomic E-state index is 12.0. The lowest BCUT2D eigenvalue weighted by atomic mass is 10.0. The molecule has 0 radical (unpaired) electrons. The van der Waals surface area contributed by atoms with Gasteiger partial charge in [0, 0.05) is 27.2 Å². The first-order valence-electron chi connectivity index (χ1n) is 6.76. The van der Waals surface area contributed by atoms with Crippen molar-refractivity contribution in [3.63, 3.8) is 0 Å². The van der Waals surface area contributed by atoms with E-state index in [1.54, 1.807) is 14.1 Å². The van der Waals surface area contributed by atoms with E-state index < -0.39 is 24.0 Å². The fraction of sp³-hybridized carbons (Fsp3) is 0.769. The molecule has 8 nitrogen and oxygen atoms in total. The molecule has 0 rings (SSSR count). The van der Waals surface area contributed by atoms with Crippen LogP contribution in [0.2, 0.25) is 0 Å². The van der Waals surface area contributed by atoms with E-state index in [-0.39, 0.29) is 19.0 Å². The highest BCUT2D eigenvalue weighted by atomic mass is 16.4. The van der Waals surface area contributed by atoms with Crippen LogP contribution in [0.15, 0.2) is 0 Å². The van der Waals surface area contributed by atoms with E-state index in [1.165, 1.54) is 16.7 Å². The molecule has 3 N–H and O–H groups in total. The molecule has 122 valence electrons. The Morgan fingerprint density at radius 3 is 2.24 bits per heavy atom. The monoisotopic (exact) mass is 303 g/mol. The van der Waals surface area contributed by atoms with Gasteiger partial charge in [-0.25, -0.2) is 4.79 Å². The van der Waals surface area contributed by atoms with E-state index >= 15 is 0 Å². The summed E-state index contributed by atoms with van der Waals surface area (Å²) in [5.41, 5.74) is -1.54. The molecule has 0 aliphatic rings. The molecule has 1 unspecified atom stereocenters. The van der Waals surface area contributed by atoms with Crippen molar-refractivity contribution in [2.45, 2.75) is 32.3 Å². The van der Waals surface area contributed by atoms with E-state index in [0.717, 1.165) is 0 Å². The molecule has 0 aliphatic carbocycles. The molecule has 0 fully saturated rings. The zero-order valence-corrected chi connectivity index (χ0v) is 13.0. The van der Waals surface area contributed by atoms with E-state index in [9.17, 15) is 19.5 Å². The predicted octanol–water partition coefficient (Wildman–Crippen LogP) is -0.278. The largest absolute Gasteiger partial charge is 0.481 e. The number of aliphatic carboxylic acids is 1. The van der Waals surface area contributed by atoms with Crippen LogP contribution in [0.3, 0.4) is 0 Å². The molecule has 21 heavy (non-hydrogen) atoms. The van der Waals surface area contributed by atoms with Crippen LogP contribution in [0, 0.1) is 0 Å².